The fraction of sp³-hybridized carbons (Fsp3) is 0. The molecule has 0 aliphatic heterocycles. The van der Waals surface area contributed by atoms with Crippen LogP contribution >= 0.6 is 0 Å². The van der Waals surface area contributed by atoms with Crippen LogP contribution in [-0.4, -0.2) is 11.0 Å². The summed E-state index contributed by atoms with van der Waals surface area (Å²) < 4.78 is 5.68. The van der Waals surface area contributed by atoms with Crippen molar-refractivity contribution >= 4 is 12.0 Å². The Labute approximate surface area is 110 Å². The van der Waals surface area contributed by atoms with Crippen molar-refractivity contribution in [1.82, 2.24) is 0 Å². The minimum atomic E-state index is -0.880. The van der Waals surface area contributed by atoms with Crippen molar-refractivity contribution in [1.29, 1.82) is 0 Å². The SMILES string of the molecule is NC(=O)/C(O)=C/c1ccccc1Oc1ccccc1. The van der Waals surface area contributed by atoms with E-state index in [1.165, 1.54) is 6.08 Å². The van der Waals surface area contributed by atoms with Crippen molar-refractivity contribution < 1.29 is 14.6 Å². The van der Waals surface area contributed by atoms with E-state index in [9.17, 15) is 9.90 Å². The molecule has 0 saturated heterocycles. The van der Waals surface area contributed by atoms with E-state index >= 15 is 0 Å². The molecular weight excluding hydrogens is 242 g/mol. The third-order valence-corrected chi connectivity index (χ3v) is 2.43. The molecule has 96 valence electrons. The van der Waals surface area contributed by atoms with Crippen molar-refractivity contribution in [3.05, 3.63) is 65.9 Å². The van der Waals surface area contributed by atoms with Gasteiger partial charge in [-0.2, -0.15) is 0 Å². The van der Waals surface area contributed by atoms with Gasteiger partial charge in [0.05, 0.1) is 0 Å². The molecule has 0 aliphatic rings. The van der Waals surface area contributed by atoms with Crippen LogP contribution in [0.3, 0.4) is 0 Å². The van der Waals surface area contributed by atoms with E-state index in [0.717, 1.165) is 0 Å². The molecule has 0 aliphatic carbocycles. The molecule has 4 nitrogen and oxygen atoms in total. The highest BCUT2D eigenvalue weighted by Crippen LogP contribution is 2.26. The summed E-state index contributed by atoms with van der Waals surface area (Å²) in [5.41, 5.74) is 5.56. The molecule has 0 saturated carbocycles. The number of carbonyl (C=O) groups is 1. The van der Waals surface area contributed by atoms with Crippen molar-refractivity contribution in [3.8, 4) is 11.5 Å². The zero-order valence-corrected chi connectivity index (χ0v) is 10.1. The van der Waals surface area contributed by atoms with Gasteiger partial charge in [0.2, 0.25) is 0 Å². The minimum absolute atomic E-state index is 0.510. The van der Waals surface area contributed by atoms with Crippen LogP contribution in [0.25, 0.3) is 6.08 Å². The summed E-state index contributed by atoms with van der Waals surface area (Å²) in [4.78, 5) is 10.8. The summed E-state index contributed by atoms with van der Waals surface area (Å²) in [6.07, 6.45) is 1.28. The van der Waals surface area contributed by atoms with Gasteiger partial charge in [0.1, 0.15) is 11.5 Å². The quantitative estimate of drug-likeness (QED) is 0.651. The second kappa shape index (κ2) is 5.73. The van der Waals surface area contributed by atoms with E-state index in [1.54, 1.807) is 24.3 Å². The fourth-order valence-corrected chi connectivity index (χ4v) is 1.53. The molecule has 0 aromatic heterocycles. The van der Waals surface area contributed by atoms with Crippen LogP contribution in [0.5, 0.6) is 11.5 Å². The first-order valence-electron chi connectivity index (χ1n) is 5.69. The van der Waals surface area contributed by atoms with E-state index in [4.69, 9.17) is 10.5 Å². The fourth-order valence-electron chi connectivity index (χ4n) is 1.53. The lowest BCUT2D eigenvalue weighted by Gasteiger charge is -2.08. The lowest BCUT2D eigenvalue weighted by molar-refractivity contribution is -0.116. The van der Waals surface area contributed by atoms with Gasteiger partial charge in [-0.15, -0.1) is 0 Å². The molecule has 0 atom stereocenters. The molecule has 2 rings (SSSR count). The van der Waals surface area contributed by atoms with Gasteiger partial charge in [-0.1, -0.05) is 36.4 Å². The molecule has 1 amide bonds. The molecule has 0 unspecified atom stereocenters. The number of carbonyl (C=O) groups excluding carboxylic acids is 1. The first kappa shape index (κ1) is 12.7. The number of nitrogens with two attached hydrogens (primary N) is 1. The Bertz CT molecular complexity index is 606. The van der Waals surface area contributed by atoms with Crippen LogP contribution in [0.2, 0.25) is 0 Å². The Kier molecular flexibility index (Phi) is 3.83. The highest BCUT2D eigenvalue weighted by atomic mass is 16.5. The zero-order valence-electron chi connectivity index (χ0n) is 10.1. The molecule has 0 spiro atoms. The lowest BCUT2D eigenvalue weighted by Crippen LogP contribution is -2.13. The van der Waals surface area contributed by atoms with Crippen LogP contribution in [0.1, 0.15) is 5.56 Å². The zero-order chi connectivity index (χ0) is 13.7. The number of aliphatic hydroxyl groups excluding tert-OH is 1. The van der Waals surface area contributed by atoms with Crippen molar-refractivity contribution in [3.63, 3.8) is 0 Å². The minimum Gasteiger partial charge on any atom is -0.503 e. The van der Waals surface area contributed by atoms with Crippen LogP contribution in [-0.2, 0) is 4.79 Å². The number of rotatable bonds is 4. The van der Waals surface area contributed by atoms with Crippen LogP contribution in [0.15, 0.2) is 60.4 Å². The van der Waals surface area contributed by atoms with Gasteiger partial charge in [-0.25, -0.2) is 0 Å². The first-order chi connectivity index (χ1) is 9.16. The van der Waals surface area contributed by atoms with E-state index < -0.39 is 11.7 Å². The van der Waals surface area contributed by atoms with Gasteiger partial charge >= 0.3 is 0 Å². The Morgan fingerprint density at radius 2 is 1.68 bits per heavy atom. The van der Waals surface area contributed by atoms with Gasteiger partial charge < -0.3 is 15.6 Å². The van der Waals surface area contributed by atoms with Gasteiger partial charge in [-0.05, 0) is 24.3 Å². The Morgan fingerprint density at radius 1 is 1.05 bits per heavy atom. The summed E-state index contributed by atoms with van der Waals surface area (Å²) in [6, 6.07) is 16.3. The van der Waals surface area contributed by atoms with Gasteiger partial charge in [0, 0.05) is 5.56 Å². The third kappa shape index (κ3) is 3.35. The Balaban J connectivity index is 2.32. The maximum absolute atomic E-state index is 10.8. The smallest absolute Gasteiger partial charge is 0.283 e. The second-order valence-electron chi connectivity index (χ2n) is 3.85. The number of aliphatic hydroxyl groups is 1. The second-order valence-corrected chi connectivity index (χ2v) is 3.85. The highest BCUT2D eigenvalue weighted by Gasteiger charge is 2.06. The molecule has 0 bridgehead atoms. The van der Waals surface area contributed by atoms with Crippen molar-refractivity contribution in [2.24, 2.45) is 5.73 Å². The monoisotopic (exact) mass is 255 g/mol. The van der Waals surface area contributed by atoms with Crippen LogP contribution in [0, 0.1) is 0 Å². The molecule has 2 aromatic rings. The Morgan fingerprint density at radius 3 is 2.37 bits per heavy atom. The van der Waals surface area contributed by atoms with Crippen LogP contribution < -0.4 is 10.5 Å². The summed E-state index contributed by atoms with van der Waals surface area (Å²) in [5, 5.41) is 9.40. The molecule has 19 heavy (non-hydrogen) atoms. The number of primary amides is 1. The van der Waals surface area contributed by atoms with E-state index in [0.29, 0.717) is 17.1 Å². The van der Waals surface area contributed by atoms with E-state index in [2.05, 4.69) is 0 Å². The van der Waals surface area contributed by atoms with Gasteiger partial charge in [0.15, 0.2) is 5.76 Å². The number of amides is 1. The summed E-state index contributed by atoms with van der Waals surface area (Å²) in [5.74, 6) is -0.193. The number of ether oxygens (including phenoxy) is 1. The summed E-state index contributed by atoms with van der Waals surface area (Å²) >= 11 is 0. The average molecular weight is 255 g/mol. The van der Waals surface area contributed by atoms with Gasteiger partial charge in [-0.3, -0.25) is 4.79 Å². The predicted molar refractivity (Wildman–Crippen MR) is 72.8 cm³/mol. The molecule has 0 fully saturated rings. The topological polar surface area (TPSA) is 72.6 Å². The van der Waals surface area contributed by atoms with Crippen LogP contribution in [0.4, 0.5) is 0 Å². The van der Waals surface area contributed by atoms with Crippen molar-refractivity contribution in [2.75, 3.05) is 0 Å². The molecule has 2 aromatic carbocycles. The molecular formula is C15H13NO3. The average Bonchev–Trinajstić information content (AvgIpc) is 2.42. The Hall–Kier alpha value is -2.75. The number of hydrogen-bond acceptors (Lipinski definition) is 3. The number of benzene rings is 2. The number of hydrogen-bond donors (Lipinski definition) is 2. The predicted octanol–water partition coefficient (Wildman–Crippen LogP) is 2.86. The largest absolute Gasteiger partial charge is 0.503 e. The van der Waals surface area contributed by atoms with Crippen molar-refractivity contribution in [2.45, 2.75) is 0 Å². The standard InChI is InChI=1S/C15H13NO3/c16-15(18)13(17)10-11-6-4-5-9-14(11)19-12-7-2-1-3-8-12/h1-10,17H,(H2,16,18)/b13-10-. The molecule has 3 N–H and O–H groups in total. The molecule has 4 heteroatoms. The number of para-hydroxylation sites is 2. The highest BCUT2D eigenvalue weighted by molar-refractivity contribution is 5.94. The molecule has 0 radical (unpaired) electrons. The normalized spacial score (nSPS) is 11.1. The third-order valence-electron chi connectivity index (χ3n) is 2.43. The van der Waals surface area contributed by atoms with E-state index in [1.807, 2.05) is 30.3 Å². The maximum atomic E-state index is 10.8. The first-order valence-corrected chi connectivity index (χ1v) is 5.69. The summed E-state index contributed by atoms with van der Waals surface area (Å²) in [6.45, 7) is 0. The van der Waals surface area contributed by atoms with E-state index in [-0.39, 0.29) is 0 Å². The lowest BCUT2D eigenvalue weighted by atomic mass is 10.1. The molecule has 0 heterocycles. The summed E-state index contributed by atoms with van der Waals surface area (Å²) in [7, 11) is 0. The maximum Gasteiger partial charge on any atom is 0.283 e. The van der Waals surface area contributed by atoms with Gasteiger partial charge in [0.25, 0.3) is 5.91 Å².